The van der Waals surface area contributed by atoms with Gasteiger partial charge in [-0.3, -0.25) is 0 Å². The van der Waals surface area contributed by atoms with E-state index in [9.17, 15) is 4.39 Å². The average Bonchev–Trinajstić information content (AvgIpc) is 2.49. The average molecular weight is 288 g/mol. The van der Waals surface area contributed by atoms with Crippen LogP contribution in [0.15, 0.2) is 36.4 Å². The zero-order valence-corrected chi connectivity index (χ0v) is 12.6. The number of hydrogen-bond acceptors (Lipinski definition) is 3. The van der Waals surface area contributed by atoms with Gasteiger partial charge in [0.25, 0.3) is 0 Å². The monoisotopic (exact) mass is 288 g/mol. The number of halogens is 1. The molecule has 2 aromatic carbocycles. The Morgan fingerprint density at radius 1 is 1.14 bits per heavy atom. The summed E-state index contributed by atoms with van der Waals surface area (Å²) < 4.78 is 19.0. The molecule has 0 aliphatic rings. The van der Waals surface area contributed by atoms with Crippen LogP contribution < -0.4 is 15.8 Å². The maximum atomic E-state index is 13.9. The van der Waals surface area contributed by atoms with Crippen molar-refractivity contribution >= 4 is 5.69 Å². The fourth-order valence-corrected chi connectivity index (χ4v) is 2.19. The molecule has 3 nitrogen and oxygen atoms in total. The minimum absolute atomic E-state index is 0.147. The smallest absolute Gasteiger partial charge is 0.146 e. The summed E-state index contributed by atoms with van der Waals surface area (Å²) in [7, 11) is 1.56. The molecule has 21 heavy (non-hydrogen) atoms. The molecule has 0 bridgehead atoms. The molecule has 3 N–H and O–H groups in total. The largest absolute Gasteiger partial charge is 0.497 e. The summed E-state index contributed by atoms with van der Waals surface area (Å²) in [6, 6.07) is 10.6. The molecule has 2 rings (SSSR count). The fraction of sp³-hybridized carbons (Fsp3) is 0.294. The Hall–Kier alpha value is -2.07. The number of rotatable bonds is 5. The Kier molecular flexibility index (Phi) is 4.81. The van der Waals surface area contributed by atoms with Crippen molar-refractivity contribution in [3.63, 3.8) is 0 Å². The van der Waals surface area contributed by atoms with Gasteiger partial charge in [-0.15, -0.1) is 0 Å². The number of nitrogens with one attached hydrogen (secondary N) is 1. The lowest BCUT2D eigenvalue weighted by Gasteiger charge is -2.20. The van der Waals surface area contributed by atoms with E-state index < -0.39 is 0 Å². The number of ether oxygens (including phenoxy) is 1. The fourth-order valence-electron chi connectivity index (χ4n) is 2.19. The molecule has 4 heteroatoms. The first-order valence-electron chi connectivity index (χ1n) is 6.92. The van der Waals surface area contributed by atoms with E-state index in [2.05, 4.69) is 31.3 Å². The van der Waals surface area contributed by atoms with Crippen molar-refractivity contribution in [1.82, 2.24) is 0 Å². The minimum atomic E-state index is -0.321. The van der Waals surface area contributed by atoms with Crippen molar-refractivity contribution in [2.75, 3.05) is 19.0 Å². The van der Waals surface area contributed by atoms with Crippen molar-refractivity contribution in [2.24, 2.45) is 5.73 Å². The second-order valence-corrected chi connectivity index (χ2v) is 5.12. The molecule has 0 saturated carbocycles. The summed E-state index contributed by atoms with van der Waals surface area (Å²) in [5.41, 5.74) is 9.70. The van der Waals surface area contributed by atoms with Gasteiger partial charge >= 0.3 is 0 Å². The van der Waals surface area contributed by atoms with Crippen LogP contribution in [0.5, 0.6) is 5.75 Å². The highest BCUT2D eigenvalue weighted by Gasteiger charge is 2.13. The number of methoxy groups -OCH3 is 1. The summed E-state index contributed by atoms with van der Waals surface area (Å²) in [5, 5.41) is 3.15. The quantitative estimate of drug-likeness (QED) is 0.884. The van der Waals surface area contributed by atoms with Crippen LogP contribution in [0.1, 0.15) is 22.7 Å². The standard InChI is InChI=1S/C17H21FN2O/c1-11-4-5-13(8-12(11)2)17(10-19)20-16-9-14(21-3)6-7-15(16)18/h4-9,17,20H,10,19H2,1-3H3. The molecule has 0 radical (unpaired) electrons. The zero-order valence-electron chi connectivity index (χ0n) is 12.6. The predicted molar refractivity (Wildman–Crippen MR) is 84.3 cm³/mol. The Morgan fingerprint density at radius 2 is 1.90 bits per heavy atom. The van der Waals surface area contributed by atoms with Gasteiger partial charge in [0.2, 0.25) is 0 Å². The Bertz CT molecular complexity index is 628. The highest BCUT2D eigenvalue weighted by Crippen LogP contribution is 2.26. The third kappa shape index (κ3) is 3.52. The van der Waals surface area contributed by atoms with E-state index in [1.54, 1.807) is 19.2 Å². The summed E-state index contributed by atoms with van der Waals surface area (Å²) in [4.78, 5) is 0. The molecule has 0 heterocycles. The van der Waals surface area contributed by atoms with Crippen molar-refractivity contribution in [2.45, 2.75) is 19.9 Å². The summed E-state index contributed by atoms with van der Waals surface area (Å²) >= 11 is 0. The van der Waals surface area contributed by atoms with Gasteiger partial charge in [-0.25, -0.2) is 4.39 Å². The molecule has 0 aliphatic carbocycles. The van der Waals surface area contributed by atoms with E-state index in [0.29, 0.717) is 18.0 Å². The first-order chi connectivity index (χ1) is 10.0. The zero-order chi connectivity index (χ0) is 15.4. The van der Waals surface area contributed by atoms with Gasteiger partial charge in [0.05, 0.1) is 18.8 Å². The molecule has 1 atom stereocenters. The third-order valence-electron chi connectivity index (χ3n) is 3.67. The lowest BCUT2D eigenvalue weighted by Crippen LogP contribution is -2.21. The van der Waals surface area contributed by atoms with Gasteiger partial charge < -0.3 is 15.8 Å². The molecule has 0 spiro atoms. The van der Waals surface area contributed by atoms with Gasteiger partial charge in [0.1, 0.15) is 11.6 Å². The van der Waals surface area contributed by atoms with Gasteiger partial charge in [-0.2, -0.15) is 0 Å². The lowest BCUT2D eigenvalue weighted by molar-refractivity contribution is 0.414. The van der Waals surface area contributed by atoms with Crippen LogP contribution in [-0.4, -0.2) is 13.7 Å². The molecule has 2 aromatic rings. The molecule has 0 fully saturated rings. The van der Waals surface area contributed by atoms with Gasteiger partial charge in [-0.1, -0.05) is 18.2 Å². The lowest BCUT2D eigenvalue weighted by atomic mass is 10.0. The SMILES string of the molecule is COc1ccc(F)c(NC(CN)c2ccc(C)c(C)c2)c1. The molecule has 112 valence electrons. The van der Waals surface area contributed by atoms with Crippen molar-refractivity contribution in [1.29, 1.82) is 0 Å². The number of nitrogens with two attached hydrogens (primary N) is 1. The van der Waals surface area contributed by atoms with Gasteiger partial charge in [0, 0.05) is 12.6 Å². The van der Waals surface area contributed by atoms with Crippen LogP contribution in [0.2, 0.25) is 0 Å². The second kappa shape index (κ2) is 6.59. The number of anilines is 1. The minimum Gasteiger partial charge on any atom is -0.497 e. The van der Waals surface area contributed by atoms with E-state index >= 15 is 0 Å². The van der Waals surface area contributed by atoms with Crippen LogP contribution in [-0.2, 0) is 0 Å². The highest BCUT2D eigenvalue weighted by molar-refractivity contribution is 5.51. The Morgan fingerprint density at radius 3 is 2.52 bits per heavy atom. The van der Waals surface area contributed by atoms with Crippen molar-refractivity contribution in [3.05, 3.63) is 58.9 Å². The number of aryl methyl sites for hydroxylation is 2. The summed E-state index contributed by atoms with van der Waals surface area (Å²) in [6.07, 6.45) is 0. The third-order valence-corrected chi connectivity index (χ3v) is 3.67. The normalized spacial score (nSPS) is 12.0. The molecule has 0 saturated heterocycles. The Labute approximate surface area is 124 Å². The maximum Gasteiger partial charge on any atom is 0.146 e. The molecule has 0 aliphatic heterocycles. The molecular weight excluding hydrogens is 267 g/mol. The van der Waals surface area contributed by atoms with E-state index in [0.717, 1.165) is 5.56 Å². The predicted octanol–water partition coefficient (Wildman–Crippen LogP) is 3.56. The van der Waals surface area contributed by atoms with Gasteiger partial charge in [-0.05, 0) is 42.7 Å². The van der Waals surface area contributed by atoms with Crippen molar-refractivity contribution in [3.8, 4) is 5.75 Å². The molecule has 1 unspecified atom stereocenters. The molecular formula is C17H21FN2O. The van der Waals surface area contributed by atoms with E-state index in [4.69, 9.17) is 10.5 Å². The van der Waals surface area contributed by atoms with Crippen LogP contribution in [0, 0.1) is 19.7 Å². The highest BCUT2D eigenvalue weighted by atomic mass is 19.1. The Balaban J connectivity index is 2.28. The molecule has 0 amide bonds. The molecule has 0 aromatic heterocycles. The van der Waals surface area contributed by atoms with Crippen LogP contribution in [0.4, 0.5) is 10.1 Å². The maximum absolute atomic E-state index is 13.9. The summed E-state index contributed by atoms with van der Waals surface area (Å²) in [6.45, 7) is 4.49. The topological polar surface area (TPSA) is 47.3 Å². The first-order valence-corrected chi connectivity index (χ1v) is 6.92. The first kappa shape index (κ1) is 15.3. The van der Waals surface area contributed by atoms with Gasteiger partial charge in [0.15, 0.2) is 0 Å². The van der Waals surface area contributed by atoms with Crippen LogP contribution in [0.3, 0.4) is 0 Å². The number of hydrogen-bond donors (Lipinski definition) is 2. The van der Waals surface area contributed by atoms with E-state index in [1.165, 1.54) is 17.2 Å². The van der Waals surface area contributed by atoms with Crippen LogP contribution >= 0.6 is 0 Å². The van der Waals surface area contributed by atoms with Crippen molar-refractivity contribution < 1.29 is 9.13 Å². The second-order valence-electron chi connectivity index (χ2n) is 5.12. The van der Waals surface area contributed by atoms with E-state index in [1.807, 2.05) is 6.07 Å². The van der Waals surface area contributed by atoms with Crippen LogP contribution in [0.25, 0.3) is 0 Å². The number of benzene rings is 2. The van der Waals surface area contributed by atoms with E-state index in [-0.39, 0.29) is 11.9 Å². The summed E-state index contributed by atoms with van der Waals surface area (Å²) in [5.74, 6) is 0.285.